The molecule has 4 rings (SSSR count). The highest BCUT2D eigenvalue weighted by Crippen LogP contribution is 2.34. The monoisotopic (exact) mass is 411 g/mol. The van der Waals surface area contributed by atoms with Crippen molar-refractivity contribution in [2.45, 2.75) is 45.7 Å². The van der Waals surface area contributed by atoms with Crippen LogP contribution in [0.5, 0.6) is 6.01 Å². The summed E-state index contributed by atoms with van der Waals surface area (Å²) in [5.74, 6) is 0.107. The first-order chi connectivity index (χ1) is 15.0. The molecule has 1 unspecified atom stereocenters. The molecule has 2 aliphatic rings. The minimum atomic E-state index is -1.13. The lowest BCUT2D eigenvalue weighted by Gasteiger charge is -2.30. The average Bonchev–Trinajstić information content (AvgIpc) is 3.27. The van der Waals surface area contributed by atoms with Gasteiger partial charge in [-0.05, 0) is 43.5 Å². The molecule has 1 amide bonds. The van der Waals surface area contributed by atoms with Crippen molar-refractivity contribution in [2.24, 2.45) is 0 Å². The second-order valence-corrected chi connectivity index (χ2v) is 7.84. The quantitative estimate of drug-likeness (QED) is 0.645. The smallest absolute Gasteiger partial charge is 0.320 e. The predicted molar refractivity (Wildman–Crippen MR) is 117 cm³/mol. The van der Waals surface area contributed by atoms with Crippen LogP contribution < -0.4 is 20.7 Å². The molecule has 1 saturated heterocycles. The van der Waals surface area contributed by atoms with E-state index in [2.05, 4.69) is 39.2 Å². The lowest BCUT2D eigenvalue weighted by molar-refractivity contribution is -0.115. The number of benzene rings is 1. The molecule has 1 aromatic heterocycles. The maximum Gasteiger partial charge on any atom is 0.320 e. The Morgan fingerprint density at radius 2 is 1.87 bits per heavy atom. The Morgan fingerprint density at radius 1 is 1.17 bits per heavy atom. The van der Waals surface area contributed by atoms with Crippen molar-refractivity contribution in [1.82, 2.24) is 14.9 Å². The number of carbonyl (C=O) groups excluding carboxylic acids is 1. The van der Waals surface area contributed by atoms with Gasteiger partial charge in [0.25, 0.3) is 0 Å². The third kappa shape index (κ3) is 4.81. The van der Waals surface area contributed by atoms with Crippen LogP contribution in [0.3, 0.4) is 0 Å². The molecule has 8 nitrogen and oxygen atoms in total. The molecular formula is C22H30N6O2. The summed E-state index contributed by atoms with van der Waals surface area (Å²) in [6.07, 6.45) is 4.42. The van der Waals surface area contributed by atoms with E-state index in [0.29, 0.717) is 24.7 Å². The van der Waals surface area contributed by atoms with Gasteiger partial charge in [-0.2, -0.15) is 9.97 Å². The van der Waals surface area contributed by atoms with Crippen LogP contribution in [0.2, 0.25) is 0 Å². The summed E-state index contributed by atoms with van der Waals surface area (Å²) in [5, 5.41) is 2.66. The molecule has 2 aliphatic heterocycles. The fourth-order valence-electron chi connectivity index (χ4n) is 3.77. The topological polar surface area (TPSA) is 96.6 Å². The van der Waals surface area contributed by atoms with E-state index in [4.69, 9.17) is 11.8 Å². The molecule has 2 aromatic rings. The summed E-state index contributed by atoms with van der Waals surface area (Å²) in [7, 11) is 0. The predicted octanol–water partition coefficient (Wildman–Crippen LogP) is 2.79. The van der Waals surface area contributed by atoms with Gasteiger partial charge >= 0.3 is 6.01 Å². The highest BCUT2D eigenvalue weighted by Gasteiger charge is 2.27. The van der Waals surface area contributed by atoms with Crippen molar-refractivity contribution in [2.75, 3.05) is 42.2 Å². The van der Waals surface area contributed by atoms with Gasteiger partial charge in [-0.1, -0.05) is 37.6 Å². The Labute approximate surface area is 178 Å². The zero-order valence-corrected chi connectivity index (χ0v) is 17.4. The number of nitrogens with two attached hydrogens (primary N) is 1. The number of carbonyl (C=O) groups is 1. The number of hydrogen-bond acceptors (Lipinski definition) is 7. The van der Waals surface area contributed by atoms with Gasteiger partial charge < -0.3 is 20.7 Å². The summed E-state index contributed by atoms with van der Waals surface area (Å²) in [4.78, 5) is 25.1. The zero-order chi connectivity index (χ0) is 21.8. The van der Waals surface area contributed by atoms with Crippen LogP contribution in [-0.4, -0.2) is 47.0 Å². The fourth-order valence-corrected chi connectivity index (χ4v) is 3.77. The molecule has 1 fully saturated rings. The maximum atomic E-state index is 12.4. The molecule has 3 N–H and O–H groups in total. The minimum absolute atomic E-state index is 0.141. The lowest BCUT2D eigenvalue weighted by Crippen LogP contribution is -2.39. The van der Waals surface area contributed by atoms with E-state index >= 15 is 0 Å². The Balaban J connectivity index is 1.54. The summed E-state index contributed by atoms with van der Waals surface area (Å²) < 4.78 is 14.0. The number of likely N-dealkylation sites (tertiary alicyclic amines) is 1. The molecule has 3 heterocycles. The number of hydrogen-bond donors (Lipinski definition) is 2. The van der Waals surface area contributed by atoms with Gasteiger partial charge in [0.15, 0.2) is 11.6 Å². The van der Waals surface area contributed by atoms with Gasteiger partial charge in [0.1, 0.15) is 5.69 Å². The second kappa shape index (κ2) is 9.30. The van der Waals surface area contributed by atoms with Crippen molar-refractivity contribution >= 4 is 23.2 Å². The molecule has 0 bridgehead atoms. The highest BCUT2D eigenvalue weighted by molar-refractivity contribution is 6.03. The lowest BCUT2D eigenvalue weighted by atomic mass is 10.1. The first-order valence-corrected chi connectivity index (χ1v) is 10.7. The van der Waals surface area contributed by atoms with Gasteiger partial charge in [-0.15, -0.1) is 0 Å². The number of nitrogens with one attached hydrogen (secondary N) is 1. The van der Waals surface area contributed by atoms with Crippen LogP contribution in [0.1, 0.15) is 45.1 Å². The Bertz CT molecular complexity index is 917. The molecule has 0 saturated carbocycles. The van der Waals surface area contributed by atoms with Gasteiger partial charge in [0, 0.05) is 13.1 Å². The zero-order valence-electron chi connectivity index (χ0n) is 18.4. The number of unbranched alkanes of at least 4 members (excludes halogenated alkanes) is 1. The van der Waals surface area contributed by atoms with Crippen LogP contribution in [0.4, 0.5) is 17.3 Å². The van der Waals surface area contributed by atoms with Gasteiger partial charge in [-0.25, -0.2) is 0 Å². The van der Waals surface area contributed by atoms with Crippen LogP contribution >= 0.6 is 0 Å². The van der Waals surface area contributed by atoms with Crippen molar-refractivity contribution in [3.05, 3.63) is 35.4 Å². The SMILES string of the molecule is [2H]C1C(=O)Nc2c(N)nc(OCCCC)nc2N1Cc1ccc(CN2CCCC2)cc1. The van der Waals surface area contributed by atoms with E-state index in [9.17, 15) is 4.79 Å². The molecule has 1 aromatic carbocycles. The molecule has 8 heteroatoms. The van der Waals surface area contributed by atoms with Crippen molar-refractivity contribution < 1.29 is 10.9 Å². The summed E-state index contributed by atoms with van der Waals surface area (Å²) in [6, 6.07) is 8.50. The third-order valence-electron chi connectivity index (χ3n) is 5.40. The van der Waals surface area contributed by atoms with Crippen molar-refractivity contribution in [3.8, 4) is 6.01 Å². The Morgan fingerprint density at radius 3 is 2.57 bits per heavy atom. The summed E-state index contributed by atoms with van der Waals surface area (Å²) >= 11 is 0. The van der Waals surface area contributed by atoms with Crippen LogP contribution in [0.15, 0.2) is 24.3 Å². The average molecular weight is 412 g/mol. The number of nitrogen functional groups attached to an aromatic ring is 1. The maximum absolute atomic E-state index is 12.4. The van der Waals surface area contributed by atoms with E-state index in [1.54, 1.807) is 4.90 Å². The van der Waals surface area contributed by atoms with Crippen LogP contribution in [-0.2, 0) is 17.9 Å². The van der Waals surface area contributed by atoms with Crippen molar-refractivity contribution in [3.63, 3.8) is 0 Å². The van der Waals surface area contributed by atoms with Gasteiger partial charge in [0.05, 0.1) is 14.5 Å². The number of fused-ring (bicyclic) bond motifs is 1. The number of amides is 1. The van der Waals surface area contributed by atoms with Crippen LogP contribution in [0.25, 0.3) is 0 Å². The van der Waals surface area contributed by atoms with E-state index in [1.807, 2.05) is 12.1 Å². The molecule has 30 heavy (non-hydrogen) atoms. The van der Waals surface area contributed by atoms with E-state index in [1.165, 1.54) is 18.4 Å². The molecule has 160 valence electrons. The third-order valence-corrected chi connectivity index (χ3v) is 5.40. The second-order valence-electron chi connectivity index (χ2n) is 7.84. The standard InChI is InChI=1S/C22H30N6O2/c1-2-3-12-30-22-25-20(23)19-21(26-22)28(15-18(29)24-19)14-17-8-6-16(7-9-17)13-27-10-4-5-11-27/h6-9H,2-5,10-15H2,1H3,(H,24,29)(H2,23,25,26)/i15D. The van der Waals surface area contributed by atoms with Crippen molar-refractivity contribution in [1.29, 1.82) is 0 Å². The number of rotatable bonds is 8. The molecule has 0 radical (unpaired) electrons. The van der Waals surface area contributed by atoms with Gasteiger partial charge in [0.2, 0.25) is 5.91 Å². The molecule has 0 aliphatic carbocycles. The number of anilines is 3. The molecule has 0 spiro atoms. The normalized spacial score (nSPS) is 19.4. The fraction of sp³-hybridized carbons (Fsp3) is 0.500. The highest BCUT2D eigenvalue weighted by atomic mass is 16.5. The minimum Gasteiger partial charge on any atom is -0.463 e. The first-order valence-electron chi connectivity index (χ1n) is 11.2. The van der Waals surface area contributed by atoms with E-state index in [0.717, 1.165) is 38.0 Å². The Hall–Kier alpha value is -2.87. The number of ether oxygens (including phenoxy) is 1. The largest absolute Gasteiger partial charge is 0.463 e. The number of aromatic nitrogens is 2. The summed E-state index contributed by atoms with van der Waals surface area (Å²) in [6.45, 7) is 5.07. The first kappa shape index (κ1) is 19.1. The van der Waals surface area contributed by atoms with E-state index in [-0.39, 0.29) is 11.8 Å². The molecular weight excluding hydrogens is 380 g/mol. The molecule has 1 atom stereocenters. The number of nitrogens with zero attached hydrogens (tertiary/aromatic N) is 4. The van der Waals surface area contributed by atoms with Gasteiger partial charge in [-0.3, -0.25) is 9.69 Å². The van der Waals surface area contributed by atoms with Crippen LogP contribution in [0, 0.1) is 0 Å². The van der Waals surface area contributed by atoms with E-state index < -0.39 is 12.4 Å². The Kier molecular flexibility index (Phi) is 5.92. The summed E-state index contributed by atoms with van der Waals surface area (Å²) in [5.41, 5.74) is 8.66.